The average molecular weight is 549 g/mol. The van der Waals surface area contributed by atoms with Gasteiger partial charge in [-0.25, -0.2) is 14.8 Å². The van der Waals surface area contributed by atoms with E-state index in [0.717, 1.165) is 33.6 Å². The maximum atomic E-state index is 12.4. The largest absolute Gasteiger partial charge is 0.444 e. The molecule has 11 heteroatoms. The van der Waals surface area contributed by atoms with Crippen molar-refractivity contribution < 1.29 is 14.6 Å². The molecular formula is C29H40N8O3. The molecule has 0 bridgehead atoms. The van der Waals surface area contributed by atoms with Gasteiger partial charge in [0.25, 0.3) is 0 Å². The fourth-order valence-electron chi connectivity index (χ4n) is 5.03. The van der Waals surface area contributed by atoms with Gasteiger partial charge in [-0.2, -0.15) is 9.61 Å². The van der Waals surface area contributed by atoms with Crippen LogP contribution in [0.3, 0.4) is 0 Å². The van der Waals surface area contributed by atoms with Crippen LogP contribution in [-0.4, -0.2) is 71.6 Å². The highest BCUT2D eigenvalue weighted by Crippen LogP contribution is 2.26. The number of carbonyl (C=O) groups is 1. The smallest absolute Gasteiger partial charge is 0.410 e. The number of nitrogens with one attached hydrogen (secondary N) is 2. The van der Waals surface area contributed by atoms with Crippen LogP contribution in [-0.2, 0) is 18.3 Å². The Kier molecular flexibility index (Phi) is 7.59. The maximum absolute atomic E-state index is 12.4. The van der Waals surface area contributed by atoms with Crippen LogP contribution in [0.2, 0.25) is 0 Å². The number of aryl methyl sites for hydroxylation is 1. The average Bonchev–Trinajstić information content (AvgIpc) is 3.49. The number of aromatic nitrogens is 5. The predicted octanol–water partition coefficient (Wildman–Crippen LogP) is 4.38. The van der Waals surface area contributed by atoms with Crippen molar-refractivity contribution >= 4 is 34.4 Å². The number of amides is 1. The quantitative estimate of drug-likeness (QED) is 0.311. The minimum atomic E-state index is -0.655. The molecule has 3 N–H and O–H groups in total. The number of piperidine rings is 1. The van der Waals surface area contributed by atoms with Gasteiger partial charge in [-0.1, -0.05) is 19.9 Å². The Labute approximate surface area is 234 Å². The van der Waals surface area contributed by atoms with E-state index >= 15 is 0 Å². The van der Waals surface area contributed by atoms with E-state index in [4.69, 9.17) is 9.72 Å². The molecule has 40 heavy (non-hydrogen) atoms. The first-order valence-corrected chi connectivity index (χ1v) is 13.9. The Morgan fingerprint density at radius 2 is 2.02 bits per heavy atom. The molecule has 0 unspecified atom stereocenters. The van der Waals surface area contributed by atoms with Crippen molar-refractivity contribution in [1.82, 2.24) is 29.0 Å². The highest BCUT2D eigenvalue weighted by Gasteiger charge is 2.32. The summed E-state index contributed by atoms with van der Waals surface area (Å²) in [5, 5.41) is 22.4. The van der Waals surface area contributed by atoms with E-state index in [9.17, 15) is 9.90 Å². The molecule has 0 saturated carbocycles. The molecule has 4 heterocycles. The van der Waals surface area contributed by atoms with Gasteiger partial charge in [0, 0.05) is 44.2 Å². The van der Waals surface area contributed by atoms with Crippen molar-refractivity contribution in [3.05, 3.63) is 47.9 Å². The highest BCUT2D eigenvalue weighted by atomic mass is 16.6. The van der Waals surface area contributed by atoms with Crippen molar-refractivity contribution in [3.63, 3.8) is 0 Å². The summed E-state index contributed by atoms with van der Waals surface area (Å²) in [4.78, 5) is 23.4. The SMILES string of the molecule is CC(C)c1cnn2c(NCc3ccc4c(c3)ncn4C)cc(NC[C@H]3CCN(C(=O)OC(C)(C)C)C[C@@H]3O)nc12. The Morgan fingerprint density at radius 1 is 1.23 bits per heavy atom. The molecule has 1 amide bonds. The number of hydrogen-bond acceptors (Lipinski definition) is 8. The van der Waals surface area contributed by atoms with Crippen LogP contribution in [0.4, 0.5) is 16.4 Å². The molecule has 1 fully saturated rings. The maximum Gasteiger partial charge on any atom is 0.410 e. The van der Waals surface area contributed by atoms with Crippen LogP contribution in [0.1, 0.15) is 58.1 Å². The number of rotatable bonds is 7. The Morgan fingerprint density at radius 3 is 2.75 bits per heavy atom. The zero-order valence-corrected chi connectivity index (χ0v) is 24.2. The minimum absolute atomic E-state index is 0.0206. The molecule has 1 aliphatic heterocycles. The molecule has 11 nitrogen and oxygen atoms in total. The number of hydrogen-bond donors (Lipinski definition) is 3. The molecule has 1 aromatic carbocycles. The molecule has 0 radical (unpaired) electrons. The summed E-state index contributed by atoms with van der Waals surface area (Å²) in [6, 6.07) is 8.22. The van der Waals surface area contributed by atoms with Crippen LogP contribution in [0, 0.1) is 5.92 Å². The Hall–Kier alpha value is -3.86. The van der Waals surface area contributed by atoms with Crippen LogP contribution in [0.25, 0.3) is 16.7 Å². The molecule has 4 aromatic rings. The standard InChI is InChI=1S/C29H40N8O3/c1-18(2)21-15-33-37-26(31-13-19-7-8-23-22(11-19)32-17-35(23)6)12-25(34-27(21)37)30-14-20-9-10-36(16-24(20)38)28(39)40-29(3,4)5/h7-8,11-12,15,17-18,20,24,31,38H,9-10,13-14,16H2,1-6H3,(H,30,34)/t20-,24+/m1/s1. The molecule has 0 aliphatic carbocycles. The van der Waals surface area contributed by atoms with Gasteiger partial charge in [0.05, 0.1) is 36.2 Å². The number of likely N-dealkylation sites (tertiary alicyclic amines) is 1. The van der Waals surface area contributed by atoms with Crippen molar-refractivity contribution in [2.24, 2.45) is 13.0 Å². The van der Waals surface area contributed by atoms with Gasteiger partial charge in [-0.05, 0) is 50.8 Å². The van der Waals surface area contributed by atoms with Crippen LogP contribution in [0.15, 0.2) is 36.8 Å². The third kappa shape index (κ3) is 5.99. The topological polar surface area (TPSA) is 122 Å². The molecule has 214 valence electrons. The zero-order chi connectivity index (χ0) is 28.6. The van der Waals surface area contributed by atoms with E-state index in [1.54, 1.807) is 4.90 Å². The van der Waals surface area contributed by atoms with Gasteiger partial charge in [0.1, 0.15) is 17.2 Å². The number of aliphatic hydroxyl groups excluding tert-OH is 1. The van der Waals surface area contributed by atoms with E-state index in [0.29, 0.717) is 31.9 Å². The summed E-state index contributed by atoms with van der Waals surface area (Å²) >= 11 is 0. The third-order valence-electron chi connectivity index (χ3n) is 7.30. The molecule has 3 aromatic heterocycles. The molecule has 2 atom stereocenters. The number of anilines is 2. The first-order valence-electron chi connectivity index (χ1n) is 13.9. The minimum Gasteiger partial charge on any atom is -0.444 e. The monoisotopic (exact) mass is 548 g/mol. The van der Waals surface area contributed by atoms with Gasteiger partial charge in [-0.3, -0.25) is 0 Å². The Balaban J connectivity index is 1.30. The lowest BCUT2D eigenvalue weighted by Crippen LogP contribution is -2.49. The van der Waals surface area contributed by atoms with E-state index in [2.05, 4.69) is 52.8 Å². The summed E-state index contributed by atoms with van der Waals surface area (Å²) < 4.78 is 9.32. The second-order valence-electron chi connectivity index (χ2n) is 12.0. The molecule has 1 aliphatic rings. The first kappa shape index (κ1) is 27.7. The van der Waals surface area contributed by atoms with E-state index in [-0.39, 0.29) is 24.5 Å². The lowest BCUT2D eigenvalue weighted by molar-refractivity contribution is -0.0104. The van der Waals surface area contributed by atoms with Gasteiger partial charge in [-0.15, -0.1) is 0 Å². The lowest BCUT2D eigenvalue weighted by atomic mass is 9.94. The predicted molar refractivity (Wildman–Crippen MR) is 156 cm³/mol. The first-order chi connectivity index (χ1) is 19.0. The summed E-state index contributed by atoms with van der Waals surface area (Å²) in [7, 11) is 1.99. The summed E-state index contributed by atoms with van der Waals surface area (Å²) in [6.45, 7) is 11.7. The van der Waals surface area contributed by atoms with Gasteiger partial charge < -0.3 is 29.9 Å². The van der Waals surface area contributed by atoms with Crippen molar-refractivity contribution in [2.45, 2.75) is 65.2 Å². The zero-order valence-electron chi connectivity index (χ0n) is 24.2. The number of benzene rings is 1. The fraction of sp³-hybridized carbons (Fsp3) is 0.517. The van der Waals surface area contributed by atoms with E-state index in [1.807, 2.05) is 55.5 Å². The summed E-state index contributed by atoms with van der Waals surface area (Å²) in [5.74, 6) is 1.77. The number of carbonyl (C=O) groups excluding carboxylic acids is 1. The van der Waals surface area contributed by atoms with Gasteiger partial charge in [0.2, 0.25) is 0 Å². The lowest BCUT2D eigenvalue weighted by Gasteiger charge is -2.36. The normalized spacial score (nSPS) is 18.1. The molecule has 1 saturated heterocycles. The highest BCUT2D eigenvalue weighted by molar-refractivity contribution is 5.76. The van der Waals surface area contributed by atoms with Crippen molar-refractivity contribution in [2.75, 3.05) is 30.3 Å². The van der Waals surface area contributed by atoms with Gasteiger partial charge in [0.15, 0.2) is 5.65 Å². The third-order valence-corrected chi connectivity index (χ3v) is 7.30. The second kappa shape index (κ2) is 11.0. The molecule has 0 spiro atoms. The van der Waals surface area contributed by atoms with E-state index < -0.39 is 11.7 Å². The van der Waals surface area contributed by atoms with Crippen LogP contribution >= 0.6 is 0 Å². The molecular weight excluding hydrogens is 508 g/mol. The number of β-amino-alcohol motifs (C(OH)–C–C–N with tert-alkyl or cyclic N) is 1. The number of ether oxygens (including phenoxy) is 1. The Bertz CT molecular complexity index is 1500. The fourth-order valence-corrected chi connectivity index (χ4v) is 5.03. The van der Waals surface area contributed by atoms with Gasteiger partial charge >= 0.3 is 6.09 Å². The summed E-state index contributed by atoms with van der Waals surface area (Å²) in [5.41, 5.74) is 4.46. The number of aliphatic hydroxyl groups is 1. The van der Waals surface area contributed by atoms with Crippen LogP contribution in [0.5, 0.6) is 0 Å². The van der Waals surface area contributed by atoms with E-state index in [1.165, 1.54) is 0 Å². The number of nitrogens with zero attached hydrogens (tertiary/aromatic N) is 6. The van der Waals surface area contributed by atoms with Crippen molar-refractivity contribution in [3.8, 4) is 0 Å². The number of imidazole rings is 1. The van der Waals surface area contributed by atoms with Crippen molar-refractivity contribution in [1.29, 1.82) is 0 Å². The molecule has 5 rings (SSSR count). The second-order valence-corrected chi connectivity index (χ2v) is 12.0. The number of fused-ring (bicyclic) bond motifs is 2. The van der Waals surface area contributed by atoms with Crippen LogP contribution < -0.4 is 10.6 Å². The summed E-state index contributed by atoms with van der Waals surface area (Å²) in [6.07, 6.45) is 3.32.